The van der Waals surface area contributed by atoms with Crippen LogP contribution in [-0.4, -0.2) is 37.9 Å². The summed E-state index contributed by atoms with van der Waals surface area (Å²) in [5.74, 6) is -1.10. The van der Waals surface area contributed by atoms with E-state index in [0.717, 1.165) is 24.8 Å². The molecule has 2 N–H and O–H groups in total. The summed E-state index contributed by atoms with van der Waals surface area (Å²) in [6.45, 7) is 2.37. The topological polar surface area (TPSA) is 110 Å². The number of aliphatic hydroxyl groups excluding tert-OH is 1. The summed E-state index contributed by atoms with van der Waals surface area (Å²) in [6, 6.07) is 18.3. The summed E-state index contributed by atoms with van der Waals surface area (Å²) in [5.41, 5.74) is 2.59. The van der Waals surface area contributed by atoms with Gasteiger partial charge in [-0.1, -0.05) is 138 Å². The highest BCUT2D eigenvalue weighted by Crippen LogP contribution is 2.37. The number of ether oxygens (including phenoxy) is 1. The SMILES string of the molecule is CCCCCCCCCCCCCCOC(=O)[C@H](NS(=O)(=O)c1ccc2c(c1)C(=O)c1ccccc1-2)[C@@H](O)c1ccccc1. The van der Waals surface area contributed by atoms with Crippen molar-refractivity contribution in [3.63, 3.8) is 0 Å². The van der Waals surface area contributed by atoms with E-state index in [1.807, 2.05) is 12.1 Å². The molecule has 7 nitrogen and oxygen atoms in total. The van der Waals surface area contributed by atoms with Crippen molar-refractivity contribution < 1.29 is 27.9 Å². The molecule has 3 aromatic rings. The third-order valence-electron chi connectivity index (χ3n) is 8.24. The number of hydrogen-bond acceptors (Lipinski definition) is 6. The highest BCUT2D eigenvalue weighted by Gasteiger charge is 2.35. The Bertz CT molecular complexity index is 1490. The first-order valence-corrected chi connectivity index (χ1v) is 17.5. The number of benzene rings is 3. The van der Waals surface area contributed by atoms with Gasteiger partial charge in [0.1, 0.15) is 12.1 Å². The number of hydrogen-bond donors (Lipinski definition) is 2. The zero-order chi connectivity index (χ0) is 31.4. The Hall–Kier alpha value is -3.33. The molecule has 0 radical (unpaired) electrons. The Morgan fingerprint density at radius 1 is 0.727 bits per heavy atom. The third-order valence-corrected chi connectivity index (χ3v) is 9.68. The predicted octanol–water partition coefficient (Wildman–Crippen LogP) is 7.52. The standard InChI is InChI=1S/C36H45NO6S/c1-2-3-4-5-6-7-8-9-10-11-12-18-25-43-36(40)33(34(38)27-19-14-13-15-20-27)37-44(41,42)28-23-24-30-29-21-16-17-22-31(29)35(39)32(30)26-28/h13-17,19-24,26,33-34,37-38H,2-12,18,25H2,1H3/t33-,34+/m1/s1. The molecule has 0 aromatic heterocycles. The van der Waals surface area contributed by atoms with E-state index < -0.39 is 28.1 Å². The van der Waals surface area contributed by atoms with Gasteiger partial charge in [0.15, 0.2) is 5.78 Å². The molecule has 1 aliphatic carbocycles. The van der Waals surface area contributed by atoms with Gasteiger partial charge in [0, 0.05) is 11.1 Å². The maximum Gasteiger partial charge on any atom is 0.327 e. The van der Waals surface area contributed by atoms with E-state index in [1.54, 1.807) is 48.5 Å². The number of unbranched alkanes of at least 4 members (excludes halogenated alkanes) is 11. The molecule has 0 fully saturated rings. The van der Waals surface area contributed by atoms with E-state index in [1.165, 1.54) is 63.5 Å². The van der Waals surface area contributed by atoms with Crippen LogP contribution in [0.15, 0.2) is 77.7 Å². The van der Waals surface area contributed by atoms with Gasteiger partial charge in [-0.3, -0.25) is 9.59 Å². The number of carbonyl (C=O) groups excluding carboxylic acids is 2. The van der Waals surface area contributed by atoms with Crippen molar-refractivity contribution in [2.75, 3.05) is 6.61 Å². The van der Waals surface area contributed by atoms with Crippen LogP contribution in [0.3, 0.4) is 0 Å². The number of carbonyl (C=O) groups is 2. The van der Waals surface area contributed by atoms with Crippen LogP contribution in [0.4, 0.5) is 0 Å². The molecule has 0 aliphatic heterocycles. The quantitative estimate of drug-likeness (QED) is 0.0830. The summed E-state index contributed by atoms with van der Waals surface area (Å²) < 4.78 is 34.9. The van der Waals surface area contributed by atoms with Crippen molar-refractivity contribution in [1.29, 1.82) is 0 Å². The van der Waals surface area contributed by atoms with Gasteiger partial charge in [-0.2, -0.15) is 4.72 Å². The summed E-state index contributed by atoms with van der Waals surface area (Å²) in [7, 11) is -4.31. The minimum Gasteiger partial charge on any atom is -0.464 e. The predicted molar refractivity (Wildman–Crippen MR) is 173 cm³/mol. The number of rotatable bonds is 19. The maximum absolute atomic E-state index is 13.5. The van der Waals surface area contributed by atoms with Crippen LogP contribution in [0.5, 0.6) is 0 Å². The second-order valence-electron chi connectivity index (χ2n) is 11.6. The summed E-state index contributed by atoms with van der Waals surface area (Å²) >= 11 is 0. The van der Waals surface area contributed by atoms with Crippen molar-refractivity contribution in [2.24, 2.45) is 0 Å². The van der Waals surface area contributed by atoms with Crippen LogP contribution in [0.1, 0.15) is 112 Å². The van der Waals surface area contributed by atoms with Gasteiger partial charge in [-0.15, -0.1) is 0 Å². The molecule has 0 saturated heterocycles. The van der Waals surface area contributed by atoms with Crippen LogP contribution in [0.2, 0.25) is 0 Å². The van der Waals surface area contributed by atoms with E-state index in [-0.39, 0.29) is 22.8 Å². The first-order valence-electron chi connectivity index (χ1n) is 16.0. The molecule has 236 valence electrons. The lowest BCUT2D eigenvalue weighted by Gasteiger charge is -2.23. The fraction of sp³-hybridized carbons (Fsp3) is 0.444. The maximum atomic E-state index is 13.5. The van der Waals surface area contributed by atoms with Crippen molar-refractivity contribution in [1.82, 2.24) is 4.72 Å². The fourth-order valence-electron chi connectivity index (χ4n) is 5.70. The van der Waals surface area contributed by atoms with Crippen LogP contribution < -0.4 is 4.72 Å². The molecular weight excluding hydrogens is 574 g/mol. The summed E-state index contributed by atoms with van der Waals surface area (Å²) in [4.78, 5) is 26.0. The molecular formula is C36H45NO6S. The minimum absolute atomic E-state index is 0.140. The lowest BCUT2D eigenvalue weighted by atomic mass is 10.0. The molecule has 0 bridgehead atoms. The summed E-state index contributed by atoms with van der Waals surface area (Å²) in [5, 5.41) is 11.1. The molecule has 2 atom stereocenters. The van der Waals surface area contributed by atoms with Crippen molar-refractivity contribution in [2.45, 2.75) is 101 Å². The smallest absolute Gasteiger partial charge is 0.327 e. The highest BCUT2D eigenvalue weighted by molar-refractivity contribution is 7.89. The zero-order valence-corrected chi connectivity index (χ0v) is 26.5. The second-order valence-corrected chi connectivity index (χ2v) is 13.3. The van der Waals surface area contributed by atoms with E-state index >= 15 is 0 Å². The Labute approximate surface area is 262 Å². The average molecular weight is 620 g/mol. The van der Waals surface area contributed by atoms with Gasteiger partial charge in [-0.25, -0.2) is 8.42 Å². The molecule has 44 heavy (non-hydrogen) atoms. The molecule has 4 rings (SSSR count). The van der Waals surface area contributed by atoms with Gasteiger partial charge in [0.25, 0.3) is 0 Å². The summed E-state index contributed by atoms with van der Waals surface area (Å²) in [6.07, 6.45) is 12.6. The van der Waals surface area contributed by atoms with E-state index in [2.05, 4.69) is 11.6 Å². The number of esters is 1. The lowest BCUT2D eigenvalue weighted by Crippen LogP contribution is -2.46. The molecule has 1 aliphatic rings. The van der Waals surface area contributed by atoms with Gasteiger partial charge in [0.2, 0.25) is 10.0 Å². The lowest BCUT2D eigenvalue weighted by molar-refractivity contribution is -0.148. The third kappa shape index (κ3) is 8.87. The number of nitrogens with one attached hydrogen (secondary N) is 1. The van der Waals surface area contributed by atoms with Crippen molar-refractivity contribution in [3.05, 3.63) is 89.5 Å². The largest absolute Gasteiger partial charge is 0.464 e. The molecule has 0 heterocycles. The van der Waals surface area contributed by atoms with E-state index in [0.29, 0.717) is 23.1 Å². The number of fused-ring (bicyclic) bond motifs is 3. The number of sulfonamides is 1. The number of aliphatic hydroxyl groups is 1. The molecule has 0 saturated carbocycles. The zero-order valence-electron chi connectivity index (χ0n) is 25.7. The average Bonchev–Trinajstić information content (AvgIpc) is 3.33. The molecule has 0 unspecified atom stereocenters. The van der Waals surface area contributed by atoms with Gasteiger partial charge in [-0.05, 0) is 35.2 Å². The van der Waals surface area contributed by atoms with Crippen molar-refractivity contribution in [3.8, 4) is 11.1 Å². The Kier molecular flexibility index (Phi) is 12.7. The normalized spacial score (nSPS) is 13.7. The Morgan fingerprint density at radius 2 is 1.27 bits per heavy atom. The second kappa shape index (κ2) is 16.7. The molecule has 0 spiro atoms. The first kappa shape index (κ1) is 33.6. The van der Waals surface area contributed by atoms with Crippen molar-refractivity contribution >= 4 is 21.8 Å². The fourth-order valence-corrected chi connectivity index (χ4v) is 6.91. The molecule has 8 heteroatoms. The van der Waals surface area contributed by atoms with Gasteiger partial charge in [0.05, 0.1) is 11.5 Å². The van der Waals surface area contributed by atoms with Crippen LogP contribution >= 0.6 is 0 Å². The van der Waals surface area contributed by atoms with Crippen LogP contribution in [0, 0.1) is 0 Å². The van der Waals surface area contributed by atoms with Crippen LogP contribution in [-0.2, 0) is 19.6 Å². The van der Waals surface area contributed by atoms with Gasteiger partial charge < -0.3 is 9.84 Å². The van der Waals surface area contributed by atoms with Gasteiger partial charge >= 0.3 is 5.97 Å². The van der Waals surface area contributed by atoms with E-state index in [9.17, 15) is 23.1 Å². The Morgan fingerprint density at radius 3 is 1.91 bits per heavy atom. The molecule has 3 aromatic carbocycles. The first-order chi connectivity index (χ1) is 21.3. The Balaban J connectivity index is 1.33. The van der Waals surface area contributed by atoms with E-state index in [4.69, 9.17) is 4.74 Å². The minimum atomic E-state index is -4.31. The molecule has 0 amide bonds. The monoisotopic (exact) mass is 619 g/mol. The van der Waals surface area contributed by atoms with Crippen LogP contribution in [0.25, 0.3) is 11.1 Å². The highest BCUT2D eigenvalue weighted by atomic mass is 32.2. The number of ketones is 1.